The normalized spacial score (nSPS) is 13.0. The van der Waals surface area contributed by atoms with Crippen molar-refractivity contribution in [2.45, 2.75) is 12.6 Å². The molecule has 2 rings (SSSR count). The molecule has 0 aliphatic rings. The summed E-state index contributed by atoms with van der Waals surface area (Å²) < 4.78 is 17.0. The van der Waals surface area contributed by atoms with Crippen LogP contribution in [0.5, 0.6) is 0 Å². The Morgan fingerprint density at radius 2 is 1.96 bits per heavy atom. The molecule has 1 atom stereocenters. The zero-order valence-corrected chi connectivity index (χ0v) is 13.5. The van der Waals surface area contributed by atoms with E-state index < -0.39 is 32.3 Å². The topological polar surface area (TPSA) is 148 Å². The second-order valence-corrected chi connectivity index (χ2v) is 6.69. The number of nitrogens with two attached hydrogens (primary N) is 1. The van der Waals surface area contributed by atoms with Crippen LogP contribution in [-0.4, -0.2) is 43.5 Å². The van der Waals surface area contributed by atoms with Gasteiger partial charge in [-0.2, -0.15) is 4.98 Å². The van der Waals surface area contributed by atoms with Gasteiger partial charge in [0.05, 0.1) is 19.3 Å². The zero-order chi connectivity index (χ0) is 17.7. The second-order valence-electron chi connectivity index (χ2n) is 5.11. The smallest absolute Gasteiger partial charge is 0.350 e. The van der Waals surface area contributed by atoms with Gasteiger partial charge in [0.25, 0.3) is 0 Å². The lowest BCUT2D eigenvalue weighted by Gasteiger charge is -2.18. The molecule has 0 fully saturated rings. The van der Waals surface area contributed by atoms with Crippen molar-refractivity contribution in [2.75, 3.05) is 18.7 Å². The molecule has 1 heterocycles. The number of nitrogen functional groups attached to an aromatic ring is 1. The highest BCUT2D eigenvalue weighted by molar-refractivity contribution is 7.51. The van der Waals surface area contributed by atoms with Crippen LogP contribution in [0.25, 0.3) is 11.1 Å². The fourth-order valence-electron chi connectivity index (χ4n) is 2.06. The minimum Gasteiger partial charge on any atom is -0.394 e. The highest BCUT2D eigenvalue weighted by atomic mass is 31.2. The van der Waals surface area contributed by atoms with Crippen LogP contribution < -0.4 is 11.4 Å². The van der Waals surface area contributed by atoms with Gasteiger partial charge in [0.2, 0.25) is 0 Å². The first-order valence-electron chi connectivity index (χ1n) is 6.99. The molecule has 10 heteroatoms. The van der Waals surface area contributed by atoms with E-state index >= 15 is 0 Å². The molecular weight excluding hydrogens is 337 g/mol. The molecule has 0 aliphatic heterocycles. The third kappa shape index (κ3) is 4.98. The third-order valence-corrected chi connectivity index (χ3v) is 3.68. The van der Waals surface area contributed by atoms with Gasteiger partial charge in [-0.1, -0.05) is 30.3 Å². The summed E-state index contributed by atoms with van der Waals surface area (Å²) in [6.07, 6.45) is -0.339. The minimum absolute atomic E-state index is 0.0686. The molecule has 0 bridgehead atoms. The Morgan fingerprint density at radius 1 is 1.29 bits per heavy atom. The lowest BCUT2D eigenvalue weighted by atomic mass is 10.1. The number of aliphatic hydroxyl groups excluding tert-OH is 1. The molecule has 9 nitrogen and oxygen atoms in total. The van der Waals surface area contributed by atoms with Crippen molar-refractivity contribution in [1.29, 1.82) is 0 Å². The van der Waals surface area contributed by atoms with Crippen LogP contribution in [0.15, 0.2) is 41.3 Å². The average molecular weight is 355 g/mol. The average Bonchev–Trinajstić information content (AvgIpc) is 2.53. The van der Waals surface area contributed by atoms with E-state index in [1.165, 1.54) is 10.8 Å². The van der Waals surface area contributed by atoms with E-state index in [0.717, 1.165) is 5.56 Å². The summed E-state index contributed by atoms with van der Waals surface area (Å²) in [4.78, 5) is 33.3. The summed E-state index contributed by atoms with van der Waals surface area (Å²) in [5.74, 6) is 0.0686. The molecule has 1 aromatic heterocycles. The van der Waals surface area contributed by atoms with Crippen LogP contribution in [0.2, 0.25) is 0 Å². The van der Waals surface area contributed by atoms with Gasteiger partial charge in [-0.3, -0.25) is 9.13 Å². The Morgan fingerprint density at radius 3 is 2.54 bits per heavy atom. The fraction of sp³-hybridized carbons (Fsp3) is 0.286. The van der Waals surface area contributed by atoms with Gasteiger partial charge < -0.3 is 25.4 Å². The van der Waals surface area contributed by atoms with Crippen molar-refractivity contribution in [3.05, 3.63) is 47.0 Å². The summed E-state index contributed by atoms with van der Waals surface area (Å²) in [6, 6.07) is 9.06. The minimum atomic E-state index is -4.37. The molecule has 0 saturated heterocycles. The van der Waals surface area contributed by atoms with Gasteiger partial charge in [-0.25, -0.2) is 4.79 Å². The Bertz CT molecular complexity index is 789. The lowest BCUT2D eigenvalue weighted by molar-refractivity contribution is 0.0189. The lowest BCUT2D eigenvalue weighted by Crippen LogP contribution is -2.32. The SMILES string of the molecule is Nc1nc(=O)n(CC(CO)OCP(=O)(O)O)cc1-c1ccccc1. The fourth-order valence-corrected chi connectivity index (χ4v) is 2.47. The van der Waals surface area contributed by atoms with Crippen molar-refractivity contribution < 1.29 is 24.2 Å². The molecule has 2 aromatic rings. The van der Waals surface area contributed by atoms with Gasteiger partial charge in [0.1, 0.15) is 12.2 Å². The number of benzene rings is 1. The van der Waals surface area contributed by atoms with Gasteiger partial charge in [-0.05, 0) is 5.56 Å². The van der Waals surface area contributed by atoms with Crippen molar-refractivity contribution >= 4 is 13.4 Å². The summed E-state index contributed by atoms with van der Waals surface area (Å²) >= 11 is 0. The van der Waals surface area contributed by atoms with Crippen LogP contribution in [0, 0.1) is 0 Å². The number of aliphatic hydroxyl groups is 1. The number of nitrogens with zero attached hydrogens (tertiary/aromatic N) is 2. The van der Waals surface area contributed by atoms with Crippen molar-refractivity contribution in [3.63, 3.8) is 0 Å². The number of aromatic nitrogens is 2. The van der Waals surface area contributed by atoms with Gasteiger partial charge in [0, 0.05) is 11.8 Å². The predicted molar refractivity (Wildman–Crippen MR) is 87.2 cm³/mol. The molecule has 0 saturated carbocycles. The Balaban J connectivity index is 2.26. The van der Waals surface area contributed by atoms with Crippen molar-refractivity contribution in [2.24, 2.45) is 0 Å². The molecular formula is C14H18N3O6P. The van der Waals surface area contributed by atoms with Gasteiger partial charge in [-0.15, -0.1) is 0 Å². The van der Waals surface area contributed by atoms with Crippen molar-refractivity contribution in [3.8, 4) is 11.1 Å². The van der Waals surface area contributed by atoms with Gasteiger partial charge in [0.15, 0.2) is 0 Å². The first-order chi connectivity index (χ1) is 11.3. The molecule has 0 amide bonds. The number of rotatable bonds is 7. The maximum atomic E-state index is 12.0. The van der Waals surface area contributed by atoms with E-state index in [1.54, 1.807) is 12.1 Å². The molecule has 130 valence electrons. The Kier molecular flexibility index (Phi) is 5.87. The van der Waals surface area contributed by atoms with Crippen LogP contribution in [0.1, 0.15) is 0 Å². The first-order valence-corrected chi connectivity index (χ1v) is 8.79. The highest BCUT2D eigenvalue weighted by Gasteiger charge is 2.19. The van der Waals surface area contributed by atoms with Crippen LogP contribution >= 0.6 is 7.60 Å². The molecule has 1 aromatic carbocycles. The first kappa shape index (κ1) is 18.3. The molecule has 0 aliphatic carbocycles. The van der Waals surface area contributed by atoms with E-state index in [0.29, 0.717) is 5.56 Å². The summed E-state index contributed by atoms with van der Waals surface area (Å²) in [7, 11) is -4.37. The number of ether oxygens (including phenoxy) is 1. The Hall–Kier alpha value is -2.03. The number of anilines is 1. The molecule has 24 heavy (non-hydrogen) atoms. The number of hydrogen-bond donors (Lipinski definition) is 4. The van der Waals surface area contributed by atoms with E-state index in [9.17, 15) is 14.5 Å². The quantitative estimate of drug-likeness (QED) is 0.508. The second kappa shape index (κ2) is 7.69. The van der Waals surface area contributed by atoms with Crippen LogP contribution in [0.3, 0.4) is 0 Å². The Labute approximate surface area is 137 Å². The largest absolute Gasteiger partial charge is 0.394 e. The molecule has 1 unspecified atom stereocenters. The van der Waals surface area contributed by atoms with E-state index in [1.807, 2.05) is 18.2 Å². The van der Waals surface area contributed by atoms with Crippen LogP contribution in [-0.2, 0) is 15.8 Å². The standard InChI is InChI=1S/C14H18N3O6P/c15-13-12(10-4-2-1-3-5-10)7-17(14(19)16-13)6-11(8-18)23-9-24(20,21)22/h1-5,7,11,18H,6,8-9H2,(H2,15,16,19)(H2,20,21,22). The van der Waals surface area contributed by atoms with E-state index in [-0.39, 0.29) is 12.4 Å². The summed E-state index contributed by atoms with van der Waals surface area (Å²) in [5.41, 5.74) is 6.43. The van der Waals surface area contributed by atoms with Crippen molar-refractivity contribution in [1.82, 2.24) is 9.55 Å². The number of hydrogen-bond acceptors (Lipinski definition) is 6. The molecule has 0 spiro atoms. The third-order valence-electron chi connectivity index (χ3n) is 3.19. The van der Waals surface area contributed by atoms with Gasteiger partial charge >= 0.3 is 13.3 Å². The maximum absolute atomic E-state index is 12.0. The molecule has 0 radical (unpaired) electrons. The summed E-state index contributed by atoms with van der Waals surface area (Å²) in [5, 5.41) is 9.28. The predicted octanol–water partition coefficient (Wildman–Crippen LogP) is 0.00520. The molecule has 5 N–H and O–H groups in total. The maximum Gasteiger partial charge on any atom is 0.350 e. The highest BCUT2D eigenvalue weighted by Crippen LogP contribution is 2.34. The van der Waals surface area contributed by atoms with E-state index in [4.69, 9.17) is 20.3 Å². The summed E-state index contributed by atoms with van der Waals surface area (Å²) in [6.45, 7) is -0.639. The zero-order valence-electron chi connectivity index (χ0n) is 12.6. The van der Waals surface area contributed by atoms with E-state index in [2.05, 4.69) is 4.98 Å². The van der Waals surface area contributed by atoms with Crippen LogP contribution in [0.4, 0.5) is 5.82 Å². The monoisotopic (exact) mass is 355 g/mol.